The molecule has 0 bridgehead atoms. The zero-order valence-electron chi connectivity index (χ0n) is 21.6. The zero-order valence-corrected chi connectivity index (χ0v) is 22.4. The van der Waals surface area contributed by atoms with Gasteiger partial charge in [-0.05, 0) is 30.2 Å². The van der Waals surface area contributed by atoms with E-state index < -0.39 is 0 Å². The molecule has 0 unspecified atom stereocenters. The summed E-state index contributed by atoms with van der Waals surface area (Å²) in [6, 6.07) is -0.521. The smallest absolute Gasteiger partial charge is 0.242 e. The van der Waals surface area contributed by atoms with Crippen molar-refractivity contribution in [3.8, 4) is 0 Å². The third-order valence-electron chi connectivity index (χ3n) is 7.92. The van der Waals surface area contributed by atoms with Gasteiger partial charge in [-0.25, -0.2) is 4.68 Å². The number of nitrogens with one attached hydrogen (secondary N) is 3. The quantitative estimate of drug-likeness (QED) is 0.177. The van der Waals surface area contributed by atoms with E-state index in [1.54, 1.807) is 21.6 Å². The van der Waals surface area contributed by atoms with Crippen molar-refractivity contribution in [1.29, 1.82) is 5.41 Å². The number of rotatable bonds is 7. The molecule has 5 heterocycles. The van der Waals surface area contributed by atoms with Gasteiger partial charge in [0.1, 0.15) is 12.9 Å². The minimum absolute atomic E-state index is 0.00250. The Hall–Kier alpha value is -3.20. The second-order valence-corrected chi connectivity index (χ2v) is 11.8. The molecule has 1 aromatic rings. The predicted octanol–water partition coefficient (Wildman–Crippen LogP) is -1.61. The Kier molecular flexibility index (Phi) is 7.56. The van der Waals surface area contributed by atoms with Crippen LogP contribution in [0, 0.1) is 17.2 Å². The summed E-state index contributed by atoms with van der Waals surface area (Å²) < 4.78 is 1.34. The fourth-order valence-electron chi connectivity index (χ4n) is 5.89. The number of guanidine groups is 1. The van der Waals surface area contributed by atoms with Gasteiger partial charge in [-0.1, -0.05) is 6.92 Å². The van der Waals surface area contributed by atoms with Crippen LogP contribution in [-0.4, -0.2) is 115 Å². The lowest BCUT2D eigenvalue weighted by atomic mass is 9.78. The number of hydrogen-bond acceptors (Lipinski definition) is 9. The molecule has 1 aromatic heterocycles. The number of hydrogen-bond donors (Lipinski definition) is 4. The number of carbonyl (C=O) groups excluding carboxylic acids is 3. The molecule has 0 aromatic carbocycles. The molecule has 3 fully saturated rings. The van der Waals surface area contributed by atoms with Gasteiger partial charge in [0.15, 0.2) is 5.96 Å². The molecule has 5 rings (SSSR count). The van der Waals surface area contributed by atoms with Gasteiger partial charge in [-0.2, -0.15) is 0 Å². The Morgan fingerprint density at radius 2 is 2.05 bits per heavy atom. The van der Waals surface area contributed by atoms with E-state index in [2.05, 4.69) is 33.1 Å². The maximum absolute atomic E-state index is 13.2. The molecule has 5 N–H and O–H groups in total. The molecule has 4 aliphatic rings. The molecule has 15 heteroatoms. The average molecular weight is 546 g/mol. The Morgan fingerprint density at radius 3 is 2.79 bits per heavy atom. The normalized spacial score (nSPS) is 29.8. The SMILES string of the molecule is C[C@@H](NC(=O)Cn1cnnn1)[C@H]1C(=O)N2C=C(S[C@@H]3CN[C@H](C(=O)N4CCCN(C(=N)N)CC4)C3)[C@H](C)[C@H]12. The van der Waals surface area contributed by atoms with Crippen LogP contribution in [-0.2, 0) is 20.9 Å². The monoisotopic (exact) mass is 545 g/mol. The maximum Gasteiger partial charge on any atom is 0.242 e. The van der Waals surface area contributed by atoms with Crippen LogP contribution in [0.1, 0.15) is 26.7 Å². The van der Waals surface area contributed by atoms with E-state index in [4.69, 9.17) is 11.1 Å². The van der Waals surface area contributed by atoms with Crippen LogP contribution in [0.25, 0.3) is 0 Å². The van der Waals surface area contributed by atoms with E-state index in [0.717, 1.165) is 24.3 Å². The number of aromatic nitrogens is 4. The molecule has 3 saturated heterocycles. The Labute approximate surface area is 225 Å². The second-order valence-electron chi connectivity index (χ2n) is 10.4. The molecule has 3 amide bonds. The highest BCUT2D eigenvalue weighted by atomic mass is 32.2. The van der Waals surface area contributed by atoms with Gasteiger partial charge in [-0.15, -0.1) is 16.9 Å². The first-order chi connectivity index (χ1) is 18.2. The summed E-state index contributed by atoms with van der Waals surface area (Å²) in [6.45, 7) is 7.24. The Morgan fingerprint density at radius 1 is 1.29 bits per heavy atom. The van der Waals surface area contributed by atoms with Crippen LogP contribution in [0.4, 0.5) is 0 Å². The molecule has 0 radical (unpaired) electrons. The van der Waals surface area contributed by atoms with E-state index in [1.165, 1.54) is 11.0 Å². The first kappa shape index (κ1) is 26.4. The number of carbonyl (C=O) groups is 3. The van der Waals surface area contributed by atoms with Gasteiger partial charge in [0, 0.05) is 61.0 Å². The summed E-state index contributed by atoms with van der Waals surface area (Å²) in [5, 5.41) is 25.0. The molecule has 4 aliphatic heterocycles. The molecule has 0 saturated carbocycles. The van der Waals surface area contributed by atoms with Crippen molar-refractivity contribution in [2.24, 2.45) is 17.6 Å². The predicted molar refractivity (Wildman–Crippen MR) is 139 cm³/mol. The van der Waals surface area contributed by atoms with Crippen LogP contribution < -0.4 is 16.4 Å². The Bertz CT molecular complexity index is 1110. The molecular weight excluding hydrogens is 510 g/mol. The van der Waals surface area contributed by atoms with Crippen molar-refractivity contribution < 1.29 is 14.4 Å². The van der Waals surface area contributed by atoms with Crippen molar-refractivity contribution in [1.82, 2.24) is 45.5 Å². The van der Waals surface area contributed by atoms with E-state index in [-0.39, 0.29) is 65.4 Å². The third kappa shape index (κ3) is 5.21. The van der Waals surface area contributed by atoms with Crippen molar-refractivity contribution in [2.75, 3.05) is 32.7 Å². The first-order valence-corrected chi connectivity index (χ1v) is 13.9. The first-order valence-electron chi connectivity index (χ1n) is 13.0. The maximum atomic E-state index is 13.2. The van der Waals surface area contributed by atoms with Gasteiger partial charge >= 0.3 is 0 Å². The minimum atomic E-state index is -0.310. The molecule has 206 valence electrons. The van der Waals surface area contributed by atoms with Crippen LogP contribution in [0.3, 0.4) is 0 Å². The van der Waals surface area contributed by atoms with Crippen LogP contribution in [0.15, 0.2) is 17.4 Å². The van der Waals surface area contributed by atoms with Crippen LogP contribution in [0.2, 0.25) is 0 Å². The van der Waals surface area contributed by atoms with E-state index in [1.807, 2.05) is 18.0 Å². The summed E-state index contributed by atoms with van der Waals surface area (Å²) in [5.74, 6) is -0.191. The number of β-lactam (4-membered cyclic amide) rings is 1. The van der Waals surface area contributed by atoms with Crippen molar-refractivity contribution in [3.05, 3.63) is 17.4 Å². The van der Waals surface area contributed by atoms with Crippen molar-refractivity contribution in [3.63, 3.8) is 0 Å². The largest absolute Gasteiger partial charge is 0.370 e. The van der Waals surface area contributed by atoms with Crippen LogP contribution >= 0.6 is 11.8 Å². The van der Waals surface area contributed by atoms with Crippen molar-refractivity contribution >= 4 is 35.4 Å². The number of nitrogens with zero attached hydrogens (tertiary/aromatic N) is 7. The van der Waals surface area contributed by atoms with Gasteiger partial charge in [0.05, 0.1) is 18.0 Å². The lowest BCUT2D eigenvalue weighted by molar-refractivity contribution is -0.153. The topological polar surface area (TPSA) is 178 Å². The molecule has 6 atom stereocenters. The fourth-order valence-corrected chi connectivity index (χ4v) is 7.27. The number of fused-ring (bicyclic) bond motifs is 1. The number of amides is 3. The zero-order chi connectivity index (χ0) is 27.0. The summed E-state index contributed by atoms with van der Waals surface area (Å²) in [6.07, 6.45) is 4.85. The number of tetrazole rings is 1. The lowest BCUT2D eigenvalue weighted by Gasteiger charge is -2.46. The standard InChI is InChI=1S/C23H35N11O3S/c1-13-17(10-34-20(13)19(22(34)37)14(2)28-18(35)11-33-12-27-29-30-33)38-15-8-16(26-9-15)21(36)31-4-3-5-32(7-6-31)23(24)25/h10,12-16,19-20,26H,3-9,11H2,1-2H3,(H3,24,25)(H,28,35)/t13-,14+,15-,16-,19+,20+/m0/s1. The second kappa shape index (κ2) is 10.9. The molecule has 0 spiro atoms. The highest BCUT2D eigenvalue weighted by Gasteiger charge is 2.56. The van der Waals surface area contributed by atoms with Gasteiger partial charge in [0.25, 0.3) is 0 Å². The fraction of sp³-hybridized carbons (Fsp3) is 0.696. The summed E-state index contributed by atoms with van der Waals surface area (Å²) in [4.78, 5) is 45.1. The highest BCUT2D eigenvalue weighted by Crippen LogP contribution is 2.48. The van der Waals surface area contributed by atoms with E-state index in [0.29, 0.717) is 26.2 Å². The van der Waals surface area contributed by atoms with E-state index >= 15 is 0 Å². The highest BCUT2D eigenvalue weighted by molar-refractivity contribution is 8.03. The van der Waals surface area contributed by atoms with Crippen molar-refractivity contribution in [2.45, 2.75) is 56.6 Å². The molecule has 38 heavy (non-hydrogen) atoms. The number of thioether (sulfide) groups is 1. The summed E-state index contributed by atoms with van der Waals surface area (Å²) in [5.41, 5.74) is 5.63. The molecular formula is C23H35N11O3S. The van der Waals surface area contributed by atoms with Gasteiger partial charge < -0.3 is 31.1 Å². The third-order valence-corrected chi connectivity index (χ3v) is 9.36. The Balaban J connectivity index is 1.11. The summed E-state index contributed by atoms with van der Waals surface area (Å²) >= 11 is 1.75. The lowest BCUT2D eigenvalue weighted by Crippen LogP contribution is -2.64. The van der Waals surface area contributed by atoms with E-state index in [9.17, 15) is 14.4 Å². The molecule has 0 aliphatic carbocycles. The summed E-state index contributed by atoms with van der Waals surface area (Å²) in [7, 11) is 0. The van der Waals surface area contributed by atoms with Gasteiger partial charge in [-0.3, -0.25) is 19.8 Å². The number of nitrogens with two attached hydrogens (primary N) is 1. The van der Waals surface area contributed by atoms with Gasteiger partial charge in [0.2, 0.25) is 17.7 Å². The average Bonchev–Trinajstić information content (AvgIpc) is 3.56. The van der Waals surface area contributed by atoms with Crippen LogP contribution in [0.5, 0.6) is 0 Å². The molecule has 14 nitrogen and oxygen atoms in total. The minimum Gasteiger partial charge on any atom is -0.370 e.